The Kier molecular flexibility index (Phi) is 4.66. The molecule has 0 saturated heterocycles. The van der Waals surface area contributed by atoms with Gasteiger partial charge in [0.2, 0.25) is 0 Å². The standard InChI is InChI=1S/C13H17N3OS2/c1-4-9-12(19-16-15-9)13(17)14-11(8(2)3)10-6-5-7-18-10/h5-8,11H,4H2,1-3H3,(H,14,17). The summed E-state index contributed by atoms with van der Waals surface area (Å²) in [7, 11) is 0. The molecule has 6 heteroatoms. The van der Waals surface area contributed by atoms with E-state index in [9.17, 15) is 4.79 Å². The summed E-state index contributed by atoms with van der Waals surface area (Å²) in [5.74, 6) is 0.271. The van der Waals surface area contributed by atoms with Gasteiger partial charge in [-0.15, -0.1) is 16.4 Å². The van der Waals surface area contributed by atoms with Crippen LogP contribution in [0.4, 0.5) is 0 Å². The molecule has 0 aliphatic heterocycles. The molecule has 1 atom stereocenters. The first kappa shape index (κ1) is 14.1. The fourth-order valence-corrected chi connectivity index (χ4v) is 3.46. The van der Waals surface area contributed by atoms with Gasteiger partial charge in [-0.2, -0.15) is 0 Å². The van der Waals surface area contributed by atoms with Crippen LogP contribution in [-0.4, -0.2) is 15.5 Å². The Morgan fingerprint density at radius 2 is 2.26 bits per heavy atom. The van der Waals surface area contributed by atoms with Crippen molar-refractivity contribution < 1.29 is 4.79 Å². The second-order valence-corrected chi connectivity index (χ2v) is 6.35. The number of hydrogen-bond acceptors (Lipinski definition) is 5. The van der Waals surface area contributed by atoms with Gasteiger partial charge in [-0.05, 0) is 35.3 Å². The van der Waals surface area contributed by atoms with Crippen molar-refractivity contribution in [2.24, 2.45) is 5.92 Å². The highest BCUT2D eigenvalue weighted by Gasteiger charge is 2.22. The Morgan fingerprint density at radius 3 is 2.84 bits per heavy atom. The van der Waals surface area contributed by atoms with Gasteiger partial charge in [-0.3, -0.25) is 4.79 Å². The van der Waals surface area contributed by atoms with Gasteiger partial charge in [-0.25, -0.2) is 0 Å². The zero-order valence-electron chi connectivity index (χ0n) is 11.2. The summed E-state index contributed by atoms with van der Waals surface area (Å²) in [4.78, 5) is 14.1. The van der Waals surface area contributed by atoms with Gasteiger partial charge in [0, 0.05) is 4.88 Å². The summed E-state index contributed by atoms with van der Waals surface area (Å²) >= 11 is 2.83. The molecule has 1 N–H and O–H groups in total. The van der Waals surface area contributed by atoms with Crippen LogP contribution in [0.2, 0.25) is 0 Å². The number of nitrogens with zero attached hydrogens (tertiary/aromatic N) is 2. The molecule has 0 bridgehead atoms. The first-order valence-electron chi connectivity index (χ1n) is 6.29. The molecule has 2 aromatic heterocycles. The Morgan fingerprint density at radius 1 is 1.47 bits per heavy atom. The van der Waals surface area contributed by atoms with E-state index in [1.54, 1.807) is 11.3 Å². The number of aromatic nitrogens is 2. The quantitative estimate of drug-likeness (QED) is 0.921. The first-order valence-corrected chi connectivity index (χ1v) is 7.94. The van der Waals surface area contributed by atoms with Crippen molar-refractivity contribution in [3.8, 4) is 0 Å². The van der Waals surface area contributed by atoms with Gasteiger partial charge in [-0.1, -0.05) is 31.3 Å². The summed E-state index contributed by atoms with van der Waals surface area (Å²) in [5, 5.41) is 9.11. The number of thiophene rings is 1. The van der Waals surface area contributed by atoms with Gasteiger partial charge in [0.1, 0.15) is 4.88 Å². The van der Waals surface area contributed by atoms with Crippen molar-refractivity contribution in [2.45, 2.75) is 33.2 Å². The molecule has 1 unspecified atom stereocenters. The van der Waals surface area contributed by atoms with Gasteiger partial charge in [0.05, 0.1) is 11.7 Å². The van der Waals surface area contributed by atoms with E-state index >= 15 is 0 Å². The number of amides is 1. The van der Waals surface area contributed by atoms with E-state index in [0.717, 1.165) is 23.6 Å². The minimum atomic E-state index is -0.0704. The summed E-state index contributed by atoms with van der Waals surface area (Å²) in [5.41, 5.74) is 0.774. The molecule has 0 saturated carbocycles. The predicted octanol–water partition coefficient (Wildman–Crippen LogP) is 3.29. The lowest BCUT2D eigenvalue weighted by Gasteiger charge is -2.20. The Hall–Kier alpha value is -1.27. The maximum atomic E-state index is 12.3. The van der Waals surface area contributed by atoms with Crippen LogP contribution < -0.4 is 5.32 Å². The highest BCUT2D eigenvalue weighted by atomic mass is 32.1. The smallest absolute Gasteiger partial charge is 0.265 e. The summed E-state index contributed by atoms with van der Waals surface area (Å²) in [6.45, 7) is 6.19. The zero-order chi connectivity index (χ0) is 13.8. The molecule has 0 fully saturated rings. The average Bonchev–Trinajstić information content (AvgIpc) is 3.05. The fraction of sp³-hybridized carbons (Fsp3) is 0.462. The van der Waals surface area contributed by atoms with Crippen molar-refractivity contribution in [3.05, 3.63) is 33.0 Å². The third-order valence-corrected chi connectivity index (χ3v) is 4.62. The van der Waals surface area contributed by atoms with Gasteiger partial charge < -0.3 is 5.32 Å². The highest BCUT2D eigenvalue weighted by molar-refractivity contribution is 7.10. The van der Waals surface area contributed by atoms with Crippen LogP contribution >= 0.6 is 22.9 Å². The molecule has 2 rings (SSSR count). The van der Waals surface area contributed by atoms with Crippen LogP contribution in [0.5, 0.6) is 0 Å². The van der Waals surface area contributed by atoms with Crippen LogP contribution in [0.1, 0.15) is 47.1 Å². The van der Waals surface area contributed by atoms with E-state index in [-0.39, 0.29) is 11.9 Å². The maximum Gasteiger partial charge on any atom is 0.265 e. The molecule has 0 aromatic carbocycles. The molecule has 0 radical (unpaired) electrons. The van der Waals surface area contributed by atoms with Crippen LogP contribution in [0.25, 0.3) is 0 Å². The van der Waals surface area contributed by atoms with Crippen molar-refractivity contribution >= 4 is 28.8 Å². The van der Waals surface area contributed by atoms with E-state index in [1.807, 2.05) is 18.4 Å². The van der Waals surface area contributed by atoms with Gasteiger partial charge in [0.25, 0.3) is 5.91 Å². The molecule has 102 valence electrons. The van der Waals surface area contributed by atoms with Gasteiger partial charge in [0.15, 0.2) is 0 Å². The molecule has 0 spiro atoms. The first-order chi connectivity index (χ1) is 9.13. The number of aryl methyl sites for hydroxylation is 1. The number of rotatable bonds is 5. The van der Waals surface area contributed by atoms with Crippen LogP contribution in [0.3, 0.4) is 0 Å². The Labute approximate surface area is 121 Å². The number of carbonyl (C=O) groups excluding carboxylic acids is 1. The van der Waals surface area contributed by atoms with Crippen molar-refractivity contribution in [1.82, 2.24) is 14.9 Å². The zero-order valence-corrected chi connectivity index (χ0v) is 12.8. The molecule has 2 aromatic rings. The SMILES string of the molecule is CCc1nnsc1C(=O)NC(c1cccs1)C(C)C. The molecule has 2 heterocycles. The monoisotopic (exact) mass is 295 g/mol. The second-order valence-electron chi connectivity index (χ2n) is 4.61. The van der Waals surface area contributed by atoms with Crippen LogP contribution in [-0.2, 0) is 6.42 Å². The number of nitrogens with one attached hydrogen (secondary N) is 1. The van der Waals surface area contributed by atoms with E-state index in [2.05, 4.69) is 34.8 Å². The van der Waals surface area contributed by atoms with Crippen molar-refractivity contribution in [1.29, 1.82) is 0 Å². The molecule has 1 amide bonds. The largest absolute Gasteiger partial charge is 0.343 e. The summed E-state index contributed by atoms with van der Waals surface area (Å²) < 4.78 is 3.86. The normalized spacial score (nSPS) is 12.6. The van der Waals surface area contributed by atoms with E-state index < -0.39 is 0 Å². The molecule has 0 aliphatic carbocycles. The van der Waals surface area contributed by atoms with Crippen LogP contribution in [0.15, 0.2) is 17.5 Å². The minimum absolute atomic E-state index is 0.0410. The van der Waals surface area contributed by atoms with E-state index in [1.165, 1.54) is 4.88 Å². The third-order valence-electron chi connectivity index (χ3n) is 2.90. The Bertz CT molecular complexity index is 534. The summed E-state index contributed by atoms with van der Waals surface area (Å²) in [6, 6.07) is 4.11. The third kappa shape index (κ3) is 3.19. The van der Waals surface area contributed by atoms with Gasteiger partial charge >= 0.3 is 0 Å². The number of hydrogen-bond donors (Lipinski definition) is 1. The highest BCUT2D eigenvalue weighted by Crippen LogP contribution is 2.26. The van der Waals surface area contributed by atoms with Crippen molar-refractivity contribution in [2.75, 3.05) is 0 Å². The topological polar surface area (TPSA) is 54.9 Å². The number of carbonyl (C=O) groups is 1. The van der Waals surface area contributed by atoms with Crippen LogP contribution in [0, 0.1) is 5.92 Å². The lowest BCUT2D eigenvalue weighted by Crippen LogP contribution is -2.31. The predicted molar refractivity (Wildman–Crippen MR) is 78.7 cm³/mol. The molecule has 19 heavy (non-hydrogen) atoms. The molecular formula is C13H17N3OS2. The van der Waals surface area contributed by atoms with E-state index in [4.69, 9.17) is 0 Å². The lowest BCUT2D eigenvalue weighted by atomic mass is 10.0. The minimum Gasteiger partial charge on any atom is -0.343 e. The lowest BCUT2D eigenvalue weighted by molar-refractivity contribution is 0.0929. The molecule has 4 nitrogen and oxygen atoms in total. The second kappa shape index (κ2) is 6.25. The molecular weight excluding hydrogens is 278 g/mol. The maximum absolute atomic E-state index is 12.3. The van der Waals surface area contributed by atoms with Crippen molar-refractivity contribution in [3.63, 3.8) is 0 Å². The average molecular weight is 295 g/mol. The Balaban J connectivity index is 2.16. The fourth-order valence-electron chi connectivity index (χ4n) is 1.85. The summed E-state index contributed by atoms with van der Waals surface area (Å²) in [6.07, 6.45) is 0.727. The molecule has 0 aliphatic rings. The van der Waals surface area contributed by atoms with E-state index in [0.29, 0.717) is 10.8 Å².